The van der Waals surface area contributed by atoms with E-state index >= 15 is 0 Å². The van der Waals surface area contributed by atoms with Gasteiger partial charge in [0.15, 0.2) is 0 Å². The summed E-state index contributed by atoms with van der Waals surface area (Å²) in [6.45, 7) is 4.90. The van der Waals surface area contributed by atoms with Crippen LogP contribution in [0.25, 0.3) is 5.57 Å². The second kappa shape index (κ2) is 6.81. The van der Waals surface area contributed by atoms with E-state index in [2.05, 4.69) is 31.0 Å². The van der Waals surface area contributed by atoms with Crippen LogP contribution in [0.15, 0.2) is 41.7 Å². The average molecular weight is 380 g/mol. The van der Waals surface area contributed by atoms with Crippen LogP contribution in [-0.4, -0.2) is 27.9 Å². The SMILES string of the molecule is CC1=C(c2cccnc2)[C@@]2(CO)CC[C@H]3[C@@H](C(C)C=C4CC(O)CC[C@@H]43)[C@@H]2C1. The zero-order valence-electron chi connectivity index (χ0n) is 17.1. The summed E-state index contributed by atoms with van der Waals surface area (Å²) in [5.74, 6) is 3.05. The van der Waals surface area contributed by atoms with Crippen LogP contribution >= 0.6 is 0 Å². The van der Waals surface area contributed by atoms with Crippen LogP contribution in [0, 0.1) is 35.0 Å². The molecule has 0 bridgehead atoms. The van der Waals surface area contributed by atoms with Gasteiger partial charge in [-0.2, -0.15) is 0 Å². The number of pyridine rings is 1. The van der Waals surface area contributed by atoms with Crippen molar-refractivity contribution in [1.82, 2.24) is 4.98 Å². The third-order valence-electron chi connectivity index (χ3n) is 8.64. The Morgan fingerprint density at radius 3 is 2.82 bits per heavy atom. The van der Waals surface area contributed by atoms with Crippen LogP contribution in [-0.2, 0) is 0 Å². The van der Waals surface area contributed by atoms with Gasteiger partial charge in [0.1, 0.15) is 0 Å². The molecular weight excluding hydrogens is 346 g/mol. The van der Waals surface area contributed by atoms with E-state index in [1.807, 2.05) is 18.5 Å². The van der Waals surface area contributed by atoms with Crippen LogP contribution in [0.4, 0.5) is 0 Å². The monoisotopic (exact) mass is 379 g/mol. The molecule has 4 aliphatic carbocycles. The molecule has 0 aliphatic heterocycles. The third-order valence-corrected chi connectivity index (χ3v) is 8.64. The number of hydrogen-bond donors (Lipinski definition) is 2. The van der Waals surface area contributed by atoms with Crippen molar-refractivity contribution in [2.75, 3.05) is 6.61 Å². The molecule has 28 heavy (non-hydrogen) atoms. The van der Waals surface area contributed by atoms with Gasteiger partial charge >= 0.3 is 0 Å². The molecule has 0 saturated heterocycles. The number of rotatable bonds is 2. The Morgan fingerprint density at radius 1 is 1.21 bits per heavy atom. The second-order valence-corrected chi connectivity index (χ2v) is 9.94. The van der Waals surface area contributed by atoms with E-state index in [1.54, 1.807) is 0 Å². The van der Waals surface area contributed by atoms with Crippen molar-refractivity contribution < 1.29 is 10.2 Å². The van der Waals surface area contributed by atoms with Crippen LogP contribution < -0.4 is 0 Å². The van der Waals surface area contributed by atoms with E-state index in [0.29, 0.717) is 29.6 Å². The molecule has 5 rings (SSSR count). The predicted molar refractivity (Wildman–Crippen MR) is 111 cm³/mol. The summed E-state index contributed by atoms with van der Waals surface area (Å²) in [7, 11) is 0. The summed E-state index contributed by atoms with van der Waals surface area (Å²) < 4.78 is 0. The molecule has 0 amide bonds. The number of fused-ring (bicyclic) bond motifs is 5. The normalized spacial score (nSPS) is 42.5. The zero-order valence-corrected chi connectivity index (χ0v) is 17.1. The fourth-order valence-corrected chi connectivity index (χ4v) is 7.73. The molecule has 2 saturated carbocycles. The van der Waals surface area contributed by atoms with Crippen molar-refractivity contribution in [3.05, 3.63) is 47.3 Å². The summed E-state index contributed by atoms with van der Waals surface area (Å²) in [5.41, 5.74) is 5.46. The smallest absolute Gasteiger partial charge is 0.0577 e. The quantitative estimate of drug-likeness (QED) is 0.738. The molecule has 1 heterocycles. The van der Waals surface area contributed by atoms with Gasteiger partial charge < -0.3 is 10.2 Å². The van der Waals surface area contributed by atoms with Crippen LogP contribution in [0.1, 0.15) is 57.9 Å². The minimum Gasteiger partial charge on any atom is -0.395 e. The Hall–Kier alpha value is -1.45. The molecule has 1 aromatic rings. The number of aliphatic hydroxyl groups excluding tert-OH is 2. The minimum absolute atomic E-state index is 0.109. The molecule has 1 aromatic heterocycles. The van der Waals surface area contributed by atoms with Crippen molar-refractivity contribution in [3.8, 4) is 0 Å². The van der Waals surface area contributed by atoms with E-state index in [-0.39, 0.29) is 18.1 Å². The third kappa shape index (κ3) is 2.59. The first-order chi connectivity index (χ1) is 13.5. The summed E-state index contributed by atoms with van der Waals surface area (Å²) in [5, 5.41) is 20.9. The molecule has 3 heteroatoms. The van der Waals surface area contributed by atoms with Crippen molar-refractivity contribution in [1.29, 1.82) is 0 Å². The van der Waals surface area contributed by atoms with Gasteiger partial charge in [0.05, 0.1) is 12.7 Å². The van der Waals surface area contributed by atoms with Gasteiger partial charge in [-0.05, 0) is 92.2 Å². The zero-order chi connectivity index (χ0) is 19.5. The lowest BCUT2D eigenvalue weighted by molar-refractivity contribution is -0.0331. The average Bonchev–Trinajstić information content (AvgIpc) is 3.00. The summed E-state index contributed by atoms with van der Waals surface area (Å²) in [4.78, 5) is 4.38. The predicted octanol–water partition coefficient (Wildman–Crippen LogP) is 4.62. The first-order valence-electron chi connectivity index (χ1n) is 11.2. The molecule has 150 valence electrons. The van der Waals surface area contributed by atoms with Crippen molar-refractivity contribution >= 4 is 5.57 Å². The largest absolute Gasteiger partial charge is 0.395 e. The van der Waals surface area contributed by atoms with E-state index < -0.39 is 0 Å². The molecule has 2 unspecified atom stereocenters. The fourth-order valence-electron chi connectivity index (χ4n) is 7.73. The number of nitrogens with zero attached hydrogens (tertiary/aromatic N) is 1. The Balaban J connectivity index is 1.54. The molecule has 3 nitrogen and oxygen atoms in total. The molecule has 2 N–H and O–H groups in total. The lowest BCUT2D eigenvalue weighted by Crippen LogP contribution is -2.50. The van der Waals surface area contributed by atoms with E-state index in [4.69, 9.17) is 0 Å². The maximum Gasteiger partial charge on any atom is 0.0577 e. The number of aliphatic hydroxyl groups is 2. The molecule has 0 aromatic carbocycles. The topological polar surface area (TPSA) is 53.4 Å². The number of aromatic nitrogens is 1. The van der Waals surface area contributed by atoms with E-state index in [1.165, 1.54) is 28.7 Å². The van der Waals surface area contributed by atoms with Gasteiger partial charge in [-0.15, -0.1) is 0 Å². The van der Waals surface area contributed by atoms with Crippen LogP contribution in [0.2, 0.25) is 0 Å². The maximum atomic E-state index is 10.7. The van der Waals surface area contributed by atoms with Crippen LogP contribution in [0.3, 0.4) is 0 Å². The second-order valence-electron chi connectivity index (χ2n) is 9.94. The maximum absolute atomic E-state index is 10.7. The summed E-state index contributed by atoms with van der Waals surface area (Å²) >= 11 is 0. The highest BCUT2D eigenvalue weighted by molar-refractivity contribution is 5.75. The van der Waals surface area contributed by atoms with E-state index in [0.717, 1.165) is 32.1 Å². The van der Waals surface area contributed by atoms with Crippen molar-refractivity contribution in [3.63, 3.8) is 0 Å². The molecule has 0 radical (unpaired) electrons. The van der Waals surface area contributed by atoms with Gasteiger partial charge in [0.2, 0.25) is 0 Å². The highest BCUT2D eigenvalue weighted by Gasteiger charge is 2.58. The highest BCUT2D eigenvalue weighted by Crippen LogP contribution is 2.65. The number of hydrogen-bond acceptors (Lipinski definition) is 3. The number of allylic oxidation sites excluding steroid dienone is 2. The molecule has 2 fully saturated rings. The molecular formula is C25H33NO2. The Labute approximate surface area is 168 Å². The fraction of sp³-hybridized carbons (Fsp3) is 0.640. The summed E-state index contributed by atoms with van der Waals surface area (Å²) in [6, 6.07) is 4.19. The van der Waals surface area contributed by atoms with Crippen molar-refractivity contribution in [2.24, 2.45) is 35.0 Å². The lowest BCUT2D eigenvalue weighted by atomic mass is 9.49. The van der Waals surface area contributed by atoms with E-state index in [9.17, 15) is 10.2 Å². The van der Waals surface area contributed by atoms with Crippen LogP contribution in [0.5, 0.6) is 0 Å². The Kier molecular flexibility index (Phi) is 4.52. The molecule has 4 aliphatic rings. The van der Waals surface area contributed by atoms with Crippen molar-refractivity contribution in [2.45, 2.75) is 58.5 Å². The van der Waals surface area contributed by atoms with Gasteiger partial charge in [-0.3, -0.25) is 4.98 Å². The first-order valence-corrected chi connectivity index (χ1v) is 11.2. The highest BCUT2D eigenvalue weighted by atomic mass is 16.3. The standard InChI is InChI=1S/C25H33NO2/c1-15-10-18-12-19(28)5-6-20(18)21-7-8-25(14-27)22(23(15)21)11-16(2)24(25)17-4-3-9-26-13-17/h3-4,9-10,13,15,19-23,27-28H,5-8,11-12,14H2,1-2H3/t15?,19?,20-,21+,22-,23+,25+/m0/s1. The van der Waals surface area contributed by atoms with Gasteiger partial charge in [-0.1, -0.05) is 30.2 Å². The molecule has 0 spiro atoms. The Bertz CT molecular complexity index is 813. The van der Waals surface area contributed by atoms with Gasteiger partial charge in [0.25, 0.3) is 0 Å². The van der Waals surface area contributed by atoms with Gasteiger partial charge in [-0.25, -0.2) is 0 Å². The summed E-state index contributed by atoms with van der Waals surface area (Å²) in [6.07, 6.45) is 12.5. The lowest BCUT2D eigenvalue weighted by Gasteiger charge is -2.55. The van der Waals surface area contributed by atoms with Gasteiger partial charge in [0, 0.05) is 17.8 Å². The minimum atomic E-state index is -0.140. The Morgan fingerprint density at radius 2 is 2.07 bits per heavy atom. The molecule has 7 atom stereocenters. The first kappa shape index (κ1) is 18.6.